The molecule has 1 heterocycles. The summed E-state index contributed by atoms with van der Waals surface area (Å²) in [6.45, 7) is 2.27. The zero-order chi connectivity index (χ0) is 18.2. The molecule has 0 spiro atoms. The van der Waals surface area contributed by atoms with E-state index in [0.29, 0.717) is 0 Å². The molecule has 0 aliphatic rings. The number of rotatable bonds is 17. The molecule has 4 nitrogen and oxygen atoms in total. The summed E-state index contributed by atoms with van der Waals surface area (Å²) in [7, 11) is 0. The van der Waals surface area contributed by atoms with Gasteiger partial charge in [-0.3, -0.25) is 0 Å². The Kier molecular flexibility index (Phi) is 13.0. The van der Waals surface area contributed by atoms with Gasteiger partial charge in [-0.15, -0.1) is 0 Å². The number of aromatic amines is 1. The summed E-state index contributed by atoms with van der Waals surface area (Å²) in [5.41, 5.74) is 0.191. The Hall–Kier alpha value is -1.32. The number of unbranched alkanes of at least 4 members (excludes halogenated alkanes) is 14. The number of carboxylic acids is 1. The quantitative estimate of drug-likeness (QED) is 0.314. The van der Waals surface area contributed by atoms with Gasteiger partial charge in [-0.25, -0.2) is 9.78 Å². The largest absolute Gasteiger partial charge is 0.477 e. The highest BCUT2D eigenvalue weighted by Crippen LogP contribution is 2.13. The van der Waals surface area contributed by atoms with Crippen molar-refractivity contribution in [2.24, 2.45) is 0 Å². The van der Waals surface area contributed by atoms with E-state index in [1.54, 1.807) is 0 Å². The Morgan fingerprint density at radius 2 is 1.28 bits per heavy atom. The van der Waals surface area contributed by atoms with Gasteiger partial charge in [0.25, 0.3) is 0 Å². The van der Waals surface area contributed by atoms with Crippen LogP contribution in [0.1, 0.15) is 120 Å². The highest BCUT2D eigenvalue weighted by Gasteiger charge is 2.06. The summed E-state index contributed by atoms with van der Waals surface area (Å²) in [5.74, 6) is -0.137. The highest BCUT2D eigenvalue weighted by atomic mass is 16.4. The van der Waals surface area contributed by atoms with E-state index in [1.165, 1.54) is 96.1 Å². The first kappa shape index (κ1) is 21.7. The number of nitrogens with one attached hydrogen (secondary N) is 1. The second-order valence-electron chi connectivity index (χ2n) is 7.25. The number of aromatic carboxylic acids is 1. The summed E-state index contributed by atoms with van der Waals surface area (Å²) in [5, 5.41) is 8.83. The van der Waals surface area contributed by atoms with Crippen LogP contribution in [-0.2, 0) is 6.42 Å². The molecule has 1 aromatic heterocycles. The minimum atomic E-state index is -0.935. The smallest absolute Gasteiger partial charge is 0.353 e. The van der Waals surface area contributed by atoms with Gasteiger partial charge < -0.3 is 10.1 Å². The summed E-state index contributed by atoms with van der Waals surface area (Å²) >= 11 is 0. The van der Waals surface area contributed by atoms with Gasteiger partial charge in [-0.05, 0) is 6.42 Å². The van der Waals surface area contributed by atoms with Crippen LogP contribution in [0.25, 0.3) is 0 Å². The van der Waals surface area contributed by atoms with Crippen LogP contribution in [0.5, 0.6) is 0 Å². The lowest BCUT2D eigenvalue weighted by molar-refractivity contribution is 0.0691. The molecule has 0 fully saturated rings. The minimum Gasteiger partial charge on any atom is -0.477 e. The van der Waals surface area contributed by atoms with Crippen LogP contribution in [0.4, 0.5) is 0 Å². The van der Waals surface area contributed by atoms with Gasteiger partial charge in [0.2, 0.25) is 0 Å². The van der Waals surface area contributed by atoms with Crippen molar-refractivity contribution < 1.29 is 9.90 Å². The van der Waals surface area contributed by atoms with Gasteiger partial charge >= 0.3 is 5.97 Å². The van der Waals surface area contributed by atoms with Gasteiger partial charge in [-0.1, -0.05) is 96.8 Å². The fourth-order valence-electron chi connectivity index (χ4n) is 3.26. The number of hydrogen-bond donors (Lipinski definition) is 2. The molecule has 0 aromatic carbocycles. The summed E-state index contributed by atoms with van der Waals surface area (Å²) in [6, 6.07) is 0. The molecule has 0 aliphatic heterocycles. The maximum atomic E-state index is 10.8. The number of imidazole rings is 1. The zero-order valence-corrected chi connectivity index (χ0v) is 16.2. The van der Waals surface area contributed by atoms with Crippen LogP contribution in [-0.4, -0.2) is 21.0 Å². The molecule has 2 N–H and O–H groups in total. The highest BCUT2D eigenvalue weighted by molar-refractivity contribution is 5.84. The molecule has 25 heavy (non-hydrogen) atoms. The van der Waals surface area contributed by atoms with Crippen LogP contribution in [0.3, 0.4) is 0 Å². The maximum absolute atomic E-state index is 10.8. The molecule has 0 saturated carbocycles. The van der Waals surface area contributed by atoms with Crippen molar-refractivity contribution in [2.75, 3.05) is 0 Å². The molecule has 4 heteroatoms. The average molecular weight is 351 g/mol. The minimum absolute atomic E-state index is 0.191. The van der Waals surface area contributed by atoms with Crippen molar-refractivity contribution in [1.82, 2.24) is 9.97 Å². The molecular formula is C21H38N2O2. The number of hydrogen-bond acceptors (Lipinski definition) is 2. The first-order valence-corrected chi connectivity index (χ1v) is 10.5. The molecular weight excluding hydrogens is 312 g/mol. The lowest BCUT2D eigenvalue weighted by Crippen LogP contribution is -1.96. The molecule has 0 bridgehead atoms. The fourth-order valence-corrected chi connectivity index (χ4v) is 3.26. The average Bonchev–Trinajstić information content (AvgIpc) is 3.07. The SMILES string of the molecule is CCCCCCCCCCCCCCCCCc1ncc(C(=O)O)[nH]1. The number of nitrogens with zero attached hydrogens (tertiary/aromatic N) is 1. The van der Waals surface area contributed by atoms with Crippen molar-refractivity contribution in [1.29, 1.82) is 0 Å². The predicted molar refractivity (Wildman–Crippen MR) is 104 cm³/mol. The molecule has 0 saturated heterocycles. The second kappa shape index (κ2) is 15.0. The van der Waals surface area contributed by atoms with Crippen LogP contribution < -0.4 is 0 Å². The Morgan fingerprint density at radius 3 is 1.68 bits per heavy atom. The molecule has 0 unspecified atom stereocenters. The Bertz CT molecular complexity index is 443. The van der Waals surface area contributed by atoms with Crippen molar-refractivity contribution in [3.8, 4) is 0 Å². The Morgan fingerprint density at radius 1 is 0.840 bits per heavy atom. The van der Waals surface area contributed by atoms with Crippen molar-refractivity contribution in [3.63, 3.8) is 0 Å². The first-order valence-electron chi connectivity index (χ1n) is 10.5. The lowest BCUT2D eigenvalue weighted by atomic mass is 10.0. The van der Waals surface area contributed by atoms with Crippen LogP contribution in [0.2, 0.25) is 0 Å². The molecule has 1 rings (SSSR count). The van der Waals surface area contributed by atoms with Crippen molar-refractivity contribution >= 4 is 5.97 Å². The predicted octanol–water partition coefficient (Wildman–Crippen LogP) is 6.52. The number of H-pyrrole nitrogens is 1. The third-order valence-electron chi connectivity index (χ3n) is 4.88. The van der Waals surface area contributed by atoms with Crippen LogP contribution in [0.15, 0.2) is 6.20 Å². The number of aryl methyl sites for hydroxylation is 1. The van der Waals surface area contributed by atoms with E-state index in [4.69, 9.17) is 5.11 Å². The summed E-state index contributed by atoms with van der Waals surface area (Å²) in [6.07, 6.45) is 22.6. The normalized spacial score (nSPS) is 11.1. The molecule has 0 radical (unpaired) electrons. The fraction of sp³-hybridized carbons (Fsp3) is 0.810. The molecule has 0 amide bonds. The van der Waals surface area contributed by atoms with E-state index in [9.17, 15) is 4.79 Å². The number of carboxylic acid groups (broad SMARTS) is 1. The zero-order valence-electron chi connectivity index (χ0n) is 16.2. The van der Waals surface area contributed by atoms with E-state index in [2.05, 4.69) is 16.9 Å². The third kappa shape index (κ3) is 11.8. The standard InChI is InChI=1S/C21H38N2O2/c1-2-3-4-5-6-7-8-9-10-11-12-13-14-15-16-17-20-22-18-19(23-20)21(24)25/h18H,2-17H2,1H3,(H,22,23)(H,24,25). The van der Waals surface area contributed by atoms with Crippen molar-refractivity contribution in [2.45, 2.75) is 110 Å². The Balaban J connectivity index is 1.79. The van der Waals surface area contributed by atoms with Crippen LogP contribution in [0, 0.1) is 0 Å². The van der Waals surface area contributed by atoms with Crippen LogP contribution >= 0.6 is 0 Å². The topological polar surface area (TPSA) is 66.0 Å². The summed E-state index contributed by atoms with van der Waals surface area (Å²) < 4.78 is 0. The van der Waals surface area contributed by atoms with Gasteiger partial charge in [0.05, 0.1) is 6.20 Å². The van der Waals surface area contributed by atoms with E-state index >= 15 is 0 Å². The number of aromatic nitrogens is 2. The second-order valence-corrected chi connectivity index (χ2v) is 7.25. The molecule has 0 aliphatic carbocycles. The molecule has 144 valence electrons. The van der Waals surface area contributed by atoms with E-state index in [-0.39, 0.29) is 5.69 Å². The van der Waals surface area contributed by atoms with E-state index in [0.717, 1.165) is 18.7 Å². The van der Waals surface area contributed by atoms with Gasteiger partial charge in [-0.2, -0.15) is 0 Å². The molecule has 0 atom stereocenters. The third-order valence-corrected chi connectivity index (χ3v) is 4.88. The first-order chi connectivity index (χ1) is 12.2. The Labute approximate surface area is 153 Å². The lowest BCUT2D eigenvalue weighted by Gasteiger charge is -2.03. The van der Waals surface area contributed by atoms with E-state index < -0.39 is 5.97 Å². The molecule has 1 aromatic rings. The maximum Gasteiger partial charge on any atom is 0.353 e. The van der Waals surface area contributed by atoms with Gasteiger partial charge in [0.1, 0.15) is 11.5 Å². The van der Waals surface area contributed by atoms with E-state index in [1.807, 2.05) is 0 Å². The summed E-state index contributed by atoms with van der Waals surface area (Å²) in [4.78, 5) is 17.7. The van der Waals surface area contributed by atoms with Gasteiger partial charge in [0.15, 0.2) is 0 Å². The number of carbonyl (C=O) groups is 1. The van der Waals surface area contributed by atoms with Gasteiger partial charge in [0, 0.05) is 6.42 Å². The van der Waals surface area contributed by atoms with Crippen molar-refractivity contribution in [3.05, 3.63) is 17.7 Å². The monoisotopic (exact) mass is 350 g/mol.